The second kappa shape index (κ2) is 8.08. The van der Waals surface area contributed by atoms with Crippen LogP contribution in [0.15, 0.2) is 0 Å². The molecule has 0 bridgehead atoms. The molecule has 0 aromatic carbocycles. The summed E-state index contributed by atoms with van der Waals surface area (Å²) in [6.07, 6.45) is 3.75. The lowest BCUT2D eigenvalue weighted by molar-refractivity contribution is 0.0509. The summed E-state index contributed by atoms with van der Waals surface area (Å²) < 4.78 is 23.4. The predicted octanol–water partition coefficient (Wildman–Crippen LogP) is 0.978. The minimum Gasteiger partial charge on any atom is -0.390 e. The van der Waals surface area contributed by atoms with Gasteiger partial charge in [0.2, 0.25) is 0 Å². The van der Waals surface area contributed by atoms with Gasteiger partial charge in [0, 0.05) is 19.1 Å². The fourth-order valence-corrected chi connectivity index (χ4v) is 5.41. The maximum absolute atomic E-state index is 11.7. The van der Waals surface area contributed by atoms with Crippen LogP contribution >= 0.6 is 0 Å². The Morgan fingerprint density at radius 3 is 2.50 bits per heavy atom. The molecule has 130 valence electrons. The average molecular weight is 333 g/mol. The van der Waals surface area contributed by atoms with Gasteiger partial charge in [0.1, 0.15) is 0 Å². The minimum atomic E-state index is -2.86. The second-order valence-electron chi connectivity index (χ2n) is 7.19. The van der Waals surface area contributed by atoms with Gasteiger partial charge < -0.3 is 10.0 Å². The highest BCUT2D eigenvalue weighted by Gasteiger charge is 2.32. The SMILES string of the molecule is CCCN(C[C@@H](O)CN1CCC(C)CC1)[C@H]1CCS(=O)(=O)C1. The van der Waals surface area contributed by atoms with Crippen LogP contribution in [0.1, 0.15) is 39.5 Å². The summed E-state index contributed by atoms with van der Waals surface area (Å²) in [5, 5.41) is 10.4. The molecule has 0 saturated carbocycles. The standard InChI is InChI=1S/C16H32N2O3S/c1-3-7-18(15-6-10-22(20,21)13-15)12-16(19)11-17-8-4-14(2)5-9-17/h14-16,19H,3-13H2,1-2H3/t15-,16-/m0/s1. The Morgan fingerprint density at radius 1 is 1.27 bits per heavy atom. The summed E-state index contributed by atoms with van der Waals surface area (Å²) >= 11 is 0. The maximum Gasteiger partial charge on any atom is 0.151 e. The van der Waals surface area contributed by atoms with E-state index in [0.29, 0.717) is 18.8 Å². The van der Waals surface area contributed by atoms with Crippen LogP contribution in [-0.4, -0.2) is 79.7 Å². The zero-order chi connectivity index (χ0) is 16.2. The third-order valence-electron chi connectivity index (χ3n) is 5.03. The van der Waals surface area contributed by atoms with Crippen LogP contribution in [0.2, 0.25) is 0 Å². The highest BCUT2D eigenvalue weighted by Crippen LogP contribution is 2.19. The third-order valence-corrected chi connectivity index (χ3v) is 6.78. The molecule has 0 unspecified atom stereocenters. The maximum atomic E-state index is 11.7. The highest BCUT2D eigenvalue weighted by atomic mass is 32.2. The molecule has 2 heterocycles. The normalized spacial score (nSPS) is 28.3. The van der Waals surface area contributed by atoms with Crippen molar-refractivity contribution in [2.75, 3.05) is 44.2 Å². The summed E-state index contributed by atoms with van der Waals surface area (Å²) in [5.74, 6) is 1.37. The number of hydrogen-bond donors (Lipinski definition) is 1. The van der Waals surface area contributed by atoms with Crippen LogP contribution in [0.25, 0.3) is 0 Å². The molecule has 5 nitrogen and oxygen atoms in total. The van der Waals surface area contributed by atoms with E-state index in [1.54, 1.807) is 0 Å². The molecule has 0 amide bonds. The van der Waals surface area contributed by atoms with E-state index in [2.05, 4.69) is 23.6 Å². The van der Waals surface area contributed by atoms with E-state index in [4.69, 9.17) is 0 Å². The van der Waals surface area contributed by atoms with Crippen LogP contribution in [0.5, 0.6) is 0 Å². The van der Waals surface area contributed by atoms with Gasteiger partial charge in [-0.05, 0) is 51.2 Å². The molecular weight excluding hydrogens is 300 g/mol. The fourth-order valence-electron chi connectivity index (χ4n) is 3.64. The molecular formula is C16H32N2O3S. The van der Waals surface area contributed by atoms with E-state index in [1.165, 1.54) is 12.8 Å². The molecule has 0 spiro atoms. The monoisotopic (exact) mass is 332 g/mol. The Balaban J connectivity index is 1.82. The topological polar surface area (TPSA) is 60.9 Å². The van der Waals surface area contributed by atoms with Crippen LogP contribution in [-0.2, 0) is 9.84 Å². The number of nitrogens with zero attached hydrogens (tertiary/aromatic N) is 2. The summed E-state index contributed by atoms with van der Waals surface area (Å²) in [7, 11) is -2.86. The highest BCUT2D eigenvalue weighted by molar-refractivity contribution is 7.91. The number of β-amino-alcohol motifs (C(OH)–C–C–N with tert-alkyl or cyclic N) is 1. The molecule has 0 radical (unpaired) electrons. The number of aliphatic hydroxyl groups excluding tert-OH is 1. The number of sulfone groups is 1. The van der Waals surface area contributed by atoms with Crippen molar-refractivity contribution in [1.29, 1.82) is 0 Å². The van der Waals surface area contributed by atoms with Gasteiger partial charge in [0.15, 0.2) is 9.84 Å². The van der Waals surface area contributed by atoms with Crippen molar-refractivity contribution >= 4 is 9.84 Å². The zero-order valence-electron chi connectivity index (χ0n) is 14.1. The van der Waals surface area contributed by atoms with E-state index in [0.717, 1.165) is 38.4 Å². The van der Waals surface area contributed by atoms with Gasteiger partial charge in [-0.25, -0.2) is 8.42 Å². The van der Waals surface area contributed by atoms with Crippen molar-refractivity contribution < 1.29 is 13.5 Å². The van der Waals surface area contributed by atoms with E-state index in [-0.39, 0.29) is 17.9 Å². The lowest BCUT2D eigenvalue weighted by Crippen LogP contribution is -2.46. The molecule has 2 aliphatic rings. The third kappa shape index (κ3) is 5.48. The van der Waals surface area contributed by atoms with Crippen molar-refractivity contribution in [2.45, 2.75) is 51.7 Å². The van der Waals surface area contributed by atoms with Crippen molar-refractivity contribution in [3.63, 3.8) is 0 Å². The summed E-state index contributed by atoms with van der Waals surface area (Å²) in [6, 6.07) is 0.0981. The Labute approximate surface area is 135 Å². The first kappa shape index (κ1) is 18.2. The molecule has 2 fully saturated rings. The molecule has 2 aliphatic heterocycles. The van der Waals surface area contributed by atoms with Gasteiger partial charge in [0.05, 0.1) is 17.6 Å². The Morgan fingerprint density at radius 2 is 1.95 bits per heavy atom. The van der Waals surface area contributed by atoms with E-state index >= 15 is 0 Å². The lowest BCUT2D eigenvalue weighted by atomic mass is 9.99. The Kier molecular flexibility index (Phi) is 6.68. The van der Waals surface area contributed by atoms with Crippen LogP contribution in [0.3, 0.4) is 0 Å². The molecule has 1 N–H and O–H groups in total. The second-order valence-corrected chi connectivity index (χ2v) is 9.42. The van der Waals surface area contributed by atoms with Crippen molar-refractivity contribution in [1.82, 2.24) is 9.80 Å². The summed E-state index contributed by atoms with van der Waals surface area (Å²) in [5.41, 5.74) is 0. The lowest BCUT2D eigenvalue weighted by Gasteiger charge is -2.34. The molecule has 6 heteroatoms. The van der Waals surface area contributed by atoms with Gasteiger partial charge in [-0.1, -0.05) is 13.8 Å². The predicted molar refractivity (Wildman–Crippen MR) is 89.8 cm³/mol. The van der Waals surface area contributed by atoms with Gasteiger partial charge in [-0.3, -0.25) is 4.90 Å². The quantitative estimate of drug-likeness (QED) is 0.753. The Hall–Kier alpha value is -0.170. The minimum absolute atomic E-state index is 0.0981. The summed E-state index contributed by atoms with van der Waals surface area (Å²) in [6.45, 7) is 8.72. The zero-order valence-corrected chi connectivity index (χ0v) is 14.9. The molecule has 2 atom stereocenters. The largest absolute Gasteiger partial charge is 0.390 e. The number of piperidine rings is 1. The smallest absolute Gasteiger partial charge is 0.151 e. The number of rotatable bonds is 7. The first-order valence-corrected chi connectivity index (χ1v) is 10.6. The Bertz CT molecular complexity index is 433. The average Bonchev–Trinajstić information content (AvgIpc) is 2.81. The number of aliphatic hydroxyl groups is 1. The number of hydrogen-bond acceptors (Lipinski definition) is 5. The number of likely N-dealkylation sites (tertiary alicyclic amines) is 1. The molecule has 0 aliphatic carbocycles. The van der Waals surface area contributed by atoms with Gasteiger partial charge in [-0.2, -0.15) is 0 Å². The van der Waals surface area contributed by atoms with Crippen molar-refractivity contribution in [3.05, 3.63) is 0 Å². The van der Waals surface area contributed by atoms with E-state index < -0.39 is 9.84 Å². The fraction of sp³-hybridized carbons (Fsp3) is 1.00. The van der Waals surface area contributed by atoms with Crippen molar-refractivity contribution in [3.8, 4) is 0 Å². The van der Waals surface area contributed by atoms with Crippen LogP contribution in [0.4, 0.5) is 0 Å². The van der Waals surface area contributed by atoms with Crippen LogP contribution < -0.4 is 0 Å². The molecule has 2 rings (SSSR count). The first-order valence-electron chi connectivity index (χ1n) is 8.74. The van der Waals surface area contributed by atoms with E-state index in [9.17, 15) is 13.5 Å². The van der Waals surface area contributed by atoms with E-state index in [1.807, 2.05) is 0 Å². The molecule has 22 heavy (non-hydrogen) atoms. The molecule has 0 aromatic rings. The van der Waals surface area contributed by atoms with Gasteiger partial charge >= 0.3 is 0 Å². The summed E-state index contributed by atoms with van der Waals surface area (Å²) in [4.78, 5) is 4.54. The molecule has 0 aromatic heterocycles. The van der Waals surface area contributed by atoms with Crippen molar-refractivity contribution in [2.24, 2.45) is 5.92 Å². The van der Waals surface area contributed by atoms with Gasteiger partial charge in [-0.15, -0.1) is 0 Å². The van der Waals surface area contributed by atoms with Gasteiger partial charge in [0.25, 0.3) is 0 Å². The molecule has 2 saturated heterocycles. The van der Waals surface area contributed by atoms with Crippen LogP contribution in [0, 0.1) is 5.92 Å². The first-order chi connectivity index (χ1) is 10.4.